The van der Waals surface area contributed by atoms with Crippen molar-refractivity contribution in [3.8, 4) is 11.8 Å². The molecule has 0 aliphatic rings. The van der Waals surface area contributed by atoms with Gasteiger partial charge in [-0.25, -0.2) is 4.79 Å². The average Bonchev–Trinajstić information content (AvgIpc) is 2.67. The molecule has 6 nitrogen and oxygen atoms in total. The van der Waals surface area contributed by atoms with Crippen LogP contribution in [0, 0.1) is 11.3 Å². The molecule has 134 valence electrons. The second-order valence-corrected chi connectivity index (χ2v) is 5.71. The van der Waals surface area contributed by atoms with Gasteiger partial charge >= 0.3 is 5.97 Å². The molecular weight excluding hydrogens is 332 g/mol. The standard InChI is InChI=1S/C20H20N2O4/c1-14(19(23)22(3)17-7-5-4-6-8-17)26-20(24)15(2)25-18-11-9-16(13-21)10-12-18/h4-12,14-15H,1-3H3/t14-,15+/m0/s1. The second-order valence-electron chi connectivity index (χ2n) is 5.71. The van der Waals surface area contributed by atoms with Crippen LogP contribution >= 0.6 is 0 Å². The van der Waals surface area contributed by atoms with Gasteiger partial charge in [0.05, 0.1) is 11.6 Å². The Bertz CT molecular complexity index is 797. The first-order valence-electron chi connectivity index (χ1n) is 8.12. The number of carbonyl (C=O) groups is 2. The number of nitriles is 1. The molecule has 0 heterocycles. The van der Waals surface area contributed by atoms with Gasteiger partial charge in [0, 0.05) is 12.7 Å². The Kier molecular flexibility index (Phi) is 6.34. The molecule has 26 heavy (non-hydrogen) atoms. The molecule has 0 unspecified atom stereocenters. The fraction of sp³-hybridized carbons (Fsp3) is 0.250. The van der Waals surface area contributed by atoms with Crippen molar-refractivity contribution >= 4 is 17.6 Å². The third-order valence-electron chi connectivity index (χ3n) is 3.74. The van der Waals surface area contributed by atoms with Crippen molar-refractivity contribution in [1.29, 1.82) is 5.26 Å². The van der Waals surface area contributed by atoms with Crippen LogP contribution in [0.4, 0.5) is 5.69 Å². The van der Waals surface area contributed by atoms with Crippen molar-refractivity contribution in [1.82, 2.24) is 0 Å². The maximum Gasteiger partial charge on any atom is 0.347 e. The number of nitrogens with zero attached hydrogens (tertiary/aromatic N) is 2. The van der Waals surface area contributed by atoms with Gasteiger partial charge in [-0.15, -0.1) is 0 Å². The summed E-state index contributed by atoms with van der Waals surface area (Å²) in [5.41, 5.74) is 1.21. The van der Waals surface area contributed by atoms with Gasteiger partial charge in [0.25, 0.3) is 5.91 Å². The number of carbonyl (C=O) groups excluding carboxylic acids is 2. The van der Waals surface area contributed by atoms with E-state index in [2.05, 4.69) is 0 Å². The van der Waals surface area contributed by atoms with E-state index in [1.165, 1.54) is 11.8 Å². The van der Waals surface area contributed by atoms with Crippen molar-refractivity contribution in [3.05, 3.63) is 60.2 Å². The number of benzene rings is 2. The second kappa shape index (κ2) is 8.67. The van der Waals surface area contributed by atoms with E-state index in [1.807, 2.05) is 24.3 Å². The third kappa shape index (κ3) is 4.84. The van der Waals surface area contributed by atoms with E-state index in [-0.39, 0.29) is 5.91 Å². The zero-order valence-corrected chi connectivity index (χ0v) is 14.9. The number of ether oxygens (including phenoxy) is 2. The largest absolute Gasteiger partial charge is 0.479 e. The molecule has 6 heteroatoms. The van der Waals surface area contributed by atoms with Crippen LogP contribution in [-0.2, 0) is 14.3 Å². The lowest BCUT2D eigenvalue weighted by Crippen LogP contribution is -2.40. The molecule has 0 spiro atoms. The predicted molar refractivity (Wildman–Crippen MR) is 96.7 cm³/mol. The van der Waals surface area contributed by atoms with Gasteiger partial charge < -0.3 is 14.4 Å². The van der Waals surface area contributed by atoms with Gasteiger partial charge in [-0.3, -0.25) is 4.79 Å². The highest BCUT2D eigenvalue weighted by Gasteiger charge is 2.25. The van der Waals surface area contributed by atoms with E-state index >= 15 is 0 Å². The van der Waals surface area contributed by atoms with E-state index in [0.29, 0.717) is 17.0 Å². The maximum atomic E-state index is 12.4. The molecule has 0 aromatic heterocycles. The first kappa shape index (κ1) is 19.0. The Balaban J connectivity index is 1.92. The number of esters is 1. The molecule has 0 saturated carbocycles. The molecular formula is C20H20N2O4. The summed E-state index contributed by atoms with van der Waals surface area (Å²) in [5, 5.41) is 8.78. The molecule has 2 aromatic rings. The Morgan fingerprint density at radius 1 is 1.00 bits per heavy atom. The van der Waals surface area contributed by atoms with Gasteiger partial charge in [0.1, 0.15) is 5.75 Å². The zero-order chi connectivity index (χ0) is 19.1. The summed E-state index contributed by atoms with van der Waals surface area (Å²) >= 11 is 0. The van der Waals surface area contributed by atoms with Crippen molar-refractivity contribution < 1.29 is 19.1 Å². The monoisotopic (exact) mass is 352 g/mol. The SMILES string of the molecule is C[C@H](OC(=O)[C@@H](C)Oc1ccc(C#N)cc1)C(=O)N(C)c1ccccc1. The highest BCUT2D eigenvalue weighted by molar-refractivity contribution is 5.97. The van der Waals surface area contributed by atoms with Crippen LogP contribution in [0.15, 0.2) is 54.6 Å². The Hall–Kier alpha value is -3.33. The molecule has 0 N–H and O–H groups in total. The number of amides is 1. The summed E-state index contributed by atoms with van der Waals surface area (Å²) in [6.07, 6.45) is -1.83. The summed E-state index contributed by atoms with van der Waals surface area (Å²) < 4.78 is 10.7. The van der Waals surface area contributed by atoms with Gasteiger partial charge in [0.15, 0.2) is 12.2 Å². The van der Waals surface area contributed by atoms with E-state index in [1.54, 1.807) is 50.4 Å². The van der Waals surface area contributed by atoms with Crippen LogP contribution in [0.2, 0.25) is 0 Å². The van der Waals surface area contributed by atoms with Gasteiger partial charge in [-0.1, -0.05) is 18.2 Å². The molecule has 2 atom stereocenters. The number of anilines is 1. The molecule has 2 aromatic carbocycles. The summed E-state index contributed by atoms with van der Waals surface area (Å²) in [6, 6.07) is 17.5. The van der Waals surface area contributed by atoms with Gasteiger partial charge in [-0.05, 0) is 50.2 Å². The lowest BCUT2D eigenvalue weighted by atomic mass is 10.2. The number of hydrogen-bond acceptors (Lipinski definition) is 5. The maximum absolute atomic E-state index is 12.4. The fourth-order valence-electron chi connectivity index (χ4n) is 2.23. The van der Waals surface area contributed by atoms with Crippen LogP contribution in [-0.4, -0.2) is 31.1 Å². The highest BCUT2D eigenvalue weighted by Crippen LogP contribution is 2.16. The van der Waals surface area contributed by atoms with E-state index in [4.69, 9.17) is 14.7 Å². The first-order valence-corrected chi connectivity index (χ1v) is 8.12. The predicted octanol–water partition coefficient (Wildman–Crippen LogP) is 2.92. The van der Waals surface area contributed by atoms with Gasteiger partial charge in [-0.2, -0.15) is 5.26 Å². The summed E-state index contributed by atoms with van der Waals surface area (Å²) in [7, 11) is 1.62. The molecule has 0 radical (unpaired) electrons. The van der Waals surface area contributed by atoms with Crippen molar-refractivity contribution in [3.63, 3.8) is 0 Å². The average molecular weight is 352 g/mol. The third-order valence-corrected chi connectivity index (χ3v) is 3.74. The molecule has 0 bridgehead atoms. The van der Waals surface area contributed by atoms with E-state index < -0.39 is 18.2 Å². The summed E-state index contributed by atoms with van der Waals surface area (Å²) in [5.74, 6) is -0.541. The van der Waals surface area contributed by atoms with E-state index in [0.717, 1.165) is 0 Å². The van der Waals surface area contributed by atoms with Crippen molar-refractivity contribution in [2.45, 2.75) is 26.1 Å². The Labute approximate surface area is 152 Å². The minimum absolute atomic E-state index is 0.338. The molecule has 0 aliphatic heterocycles. The summed E-state index contributed by atoms with van der Waals surface area (Å²) in [4.78, 5) is 26.0. The zero-order valence-electron chi connectivity index (χ0n) is 14.9. The minimum Gasteiger partial charge on any atom is -0.479 e. The van der Waals surface area contributed by atoms with Crippen LogP contribution in [0.1, 0.15) is 19.4 Å². The quantitative estimate of drug-likeness (QED) is 0.747. The lowest BCUT2D eigenvalue weighted by molar-refractivity contribution is -0.160. The molecule has 0 fully saturated rings. The number of likely N-dealkylation sites (N-methyl/N-ethyl adjacent to an activating group) is 1. The smallest absolute Gasteiger partial charge is 0.347 e. The Morgan fingerprint density at radius 2 is 1.62 bits per heavy atom. The molecule has 2 rings (SSSR count). The topological polar surface area (TPSA) is 79.6 Å². The number of hydrogen-bond donors (Lipinski definition) is 0. The van der Waals surface area contributed by atoms with Gasteiger partial charge in [0.2, 0.25) is 0 Å². The lowest BCUT2D eigenvalue weighted by Gasteiger charge is -2.22. The number of rotatable bonds is 6. The van der Waals surface area contributed by atoms with E-state index in [9.17, 15) is 9.59 Å². The van der Waals surface area contributed by atoms with Crippen LogP contribution in [0.3, 0.4) is 0 Å². The van der Waals surface area contributed by atoms with Crippen molar-refractivity contribution in [2.75, 3.05) is 11.9 Å². The molecule has 0 aliphatic carbocycles. The van der Waals surface area contributed by atoms with Crippen molar-refractivity contribution in [2.24, 2.45) is 0 Å². The molecule has 1 amide bonds. The Morgan fingerprint density at radius 3 is 2.19 bits per heavy atom. The highest BCUT2D eigenvalue weighted by atomic mass is 16.6. The summed E-state index contributed by atoms with van der Waals surface area (Å²) in [6.45, 7) is 3.06. The minimum atomic E-state index is -0.945. The first-order chi connectivity index (χ1) is 12.4. The van der Waals surface area contributed by atoms with Crippen LogP contribution in [0.25, 0.3) is 0 Å². The fourth-order valence-corrected chi connectivity index (χ4v) is 2.23. The van der Waals surface area contributed by atoms with Crippen LogP contribution < -0.4 is 9.64 Å². The normalized spacial score (nSPS) is 12.4. The molecule has 0 saturated heterocycles. The van der Waals surface area contributed by atoms with Crippen LogP contribution in [0.5, 0.6) is 5.75 Å². The number of para-hydroxylation sites is 1.